The minimum Gasteiger partial charge on any atom is -0.315 e. The molecule has 1 atom stereocenters. The molecule has 0 unspecified atom stereocenters. The zero-order valence-corrected chi connectivity index (χ0v) is 12.4. The van der Waals surface area contributed by atoms with E-state index in [-0.39, 0.29) is 11.6 Å². The van der Waals surface area contributed by atoms with Crippen LogP contribution in [0.2, 0.25) is 0 Å². The van der Waals surface area contributed by atoms with Crippen LogP contribution in [0.4, 0.5) is 0 Å². The summed E-state index contributed by atoms with van der Waals surface area (Å²) in [6.07, 6.45) is 3.73. The fourth-order valence-electron chi connectivity index (χ4n) is 3.26. The van der Waals surface area contributed by atoms with Gasteiger partial charge in [-0.05, 0) is 32.0 Å². The Morgan fingerprint density at radius 2 is 2.40 bits per heavy atom. The Balaban J connectivity index is 1.90. The van der Waals surface area contributed by atoms with Crippen molar-refractivity contribution in [3.63, 3.8) is 0 Å². The van der Waals surface area contributed by atoms with Gasteiger partial charge >= 0.3 is 0 Å². The summed E-state index contributed by atoms with van der Waals surface area (Å²) in [6.45, 7) is 3.84. The molecule has 0 amide bonds. The molecule has 0 saturated carbocycles. The highest BCUT2D eigenvalue weighted by molar-refractivity contribution is 7.18. The van der Waals surface area contributed by atoms with Crippen molar-refractivity contribution >= 4 is 21.6 Å². The number of likely N-dealkylation sites (N-methyl/N-ethyl adjacent to an activating group) is 1. The zero-order valence-electron chi connectivity index (χ0n) is 11.6. The van der Waals surface area contributed by atoms with E-state index < -0.39 is 0 Å². The van der Waals surface area contributed by atoms with Gasteiger partial charge < -0.3 is 10.2 Å². The maximum Gasteiger partial charge on any atom is 0.262 e. The lowest BCUT2D eigenvalue weighted by Crippen LogP contribution is -2.29. The molecule has 0 aromatic carbocycles. The molecule has 1 saturated heterocycles. The van der Waals surface area contributed by atoms with Gasteiger partial charge in [-0.2, -0.15) is 0 Å². The first kappa shape index (κ1) is 12.5. The molecule has 106 valence electrons. The lowest BCUT2D eigenvalue weighted by Gasteiger charge is -2.21. The fraction of sp³-hybridized carbons (Fsp3) is 0.571. The summed E-state index contributed by atoms with van der Waals surface area (Å²) in [7, 11) is 2.13. The first-order valence-electron chi connectivity index (χ1n) is 7.14. The minimum atomic E-state index is 0.158. The summed E-state index contributed by atoms with van der Waals surface area (Å²) < 4.78 is 1.84. The second-order valence-electron chi connectivity index (χ2n) is 5.78. The van der Waals surface area contributed by atoms with Crippen LogP contribution < -0.4 is 10.9 Å². The number of thiophene rings is 1. The molecule has 5 nitrogen and oxygen atoms in total. The zero-order chi connectivity index (χ0) is 13.7. The van der Waals surface area contributed by atoms with Crippen molar-refractivity contribution < 1.29 is 0 Å². The third-order valence-corrected chi connectivity index (χ3v) is 5.53. The molecule has 0 bridgehead atoms. The van der Waals surface area contributed by atoms with Crippen LogP contribution in [0.5, 0.6) is 0 Å². The standard InChI is InChI=1S/C14H18N4OS/c1-17-5-3-10-11(7-17)20-13-12(10)14(19)18(8-16-13)9-2-4-15-6-9/h8-9,15H,2-7H2,1H3/t9-/m1/s1. The van der Waals surface area contributed by atoms with Gasteiger partial charge in [0.15, 0.2) is 0 Å². The predicted molar refractivity (Wildman–Crippen MR) is 80.4 cm³/mol. The number of hydrogen-bond donors (Lipinski definition) is 1. The lowest BCUT2D eigenvalue weighted by atomic mass is 10.1. The lowest BCUT2D eigenvalue weighted by molar-refractivity contribution is 0.318. The van der Waals surface area contributed by atoms with Gasteiger partial charge in [-0.25, -0.2) is 4.98 Å². The second-order valence-corrected chi connectivity index (χ2v) is 6.86. The first-order chi connectivity index (χ1) is 9.74. The number of rotatable bonds is 1. The van der Waals surface area contributed by atoms with Gasteiger partial charge in [0.2, 0.25) is 0 Å². The Kier molecular flexibility index (Phi) is 2.90. The van der Waals surface area contributed by atoms with Gasteiger partial charge in [-0.1, -0.05) is 0 Å². The highest BCUT2D eigenvalue weighted by Crippen LogP contribution is 2.32. The van der Waals surface area contributed by atoms with Gasteiger partial charge in [0.25, 0.3) is 5.56 Å². The minimum absolute atomic E-state index is 0.158. The Bertz CT molecular complexity index is 714. The molecule has 1 N–H and O–H groups in total. The van der Waals surface area contributed by atoms with Crippen molar-refractivity contribution in [3.8, 4) is 0 Å². The van der Waals surface area contributed by atoms with E-state index in [0.29, 0.717) is 0 Å². The third-order valence-electron chi connectivity index (χ3n) is 4.40. The summed E-state index contributed by atoms with van der Waals surface area (Å²) in [6, 6.07) is 0.265. The first-order valence-corrected chi connectivity index (χ1v) is 7.96. The molecule has 6 heteroatoms. The van der Waals surface area contributed by atoms with Crippen LogP contribution >= 0.6 is 11.3 Å². The SMILES string of the molecule is CN1CCc2c(sc3ncn([C@@H]4CCNC4)c(=O)c23)C1. The molecule has 0 spiro atoms. The van der Waals surface area contributed by atoms with Crippen molar-refractivity contribution in [1.29, 1.82) is 0 Å². The second kappa shape index (κ2) is 4.65. The molecule has 0 aliphatic carbocycles. The molecule has 2 aliphatic rings. The smallest absolute Gasteiger partial charge is 0.262 e. The van der Waals surface area contributed by atoms with E-state index in [1.807, 2.05) is 4.57 Å². The van der Waals surface area contributed by atoms with Crippen LogP contribution in [0.15, 0.2) is 11.1 Å². The van der Waals surface area contributed by atoms with Crippen LogP contribution in [0.3, 0.4) is 0 Å². The van der Waals surface area contributed by atoms with Gasteiger partial charge in [0.1, 0.15) is 4.83 Å². The van der Waals surface area contributed by atoms with Gasteiger partial charge in [0, 0.05) is 24.5 Å². The van der Waals surface area contributed by atoms with E-state index in [2.05, 4.69) is 22.2 Å². The normalized spacial score (nSPS) is 23.4. The third kappa shape index (κ3) is 1.82. The summed E-state index contributed by atoms with van der Waals surface area (Å²) >= 11 is 1.69. The summed E-state index contributed by atoms with van der Waals surface area (Å²) in [5, 5.41) is 4.20. The average Bonchev–Trinajstić information content (AvgIpc) is 3.05. The van der Waals surface area contributed by atoms with Gasteiger partial charge in [0.05, 0.1) is 17.8 Å². The number of fused-ring (bicyclic) bond motifs is 3. The van der Waals surface area contributed by atoms with Crippen molar-refractivity contribution in [2.24, 2.45) is 0 Å². The highest BCUT2D eigenvalue weighted by Gasteiger charge is 2.24. The highest BCUT2D eigenvalue weighted by atomic mass is 32.1. The molecular formula is C14H18N4OS. The average molecular weight is 290 g/mol. The molecule has 4 heterocycles. The molecule has 0 radical (unpaired) electrons. The van der Waals surface area contributed by atoms with Crippen LogP contribution in [-0.2, 0) is 13.0 Å². The Hall–Kier alpha value is -1.24. The fourth-order valence-corrected chi connectivity index (χ4v) is 4.52. The molecule has 2 aromatic heterocycles. The van der Waals surface area contributed by atoms with E-state index in [9.17, 15) is 4.79 Å². The Morgan fingerprint density at radius 3 is 3.20 bits per heavy atom. The number of nitrogens with zero attached hydrogens (tertiary/aromatic N) is 3. The molecule has 4 rings (SSSR count). The number of hydrogen-bond acceptors (Lipinski definition) is 5. The monoisotopic (exact) mass is 290 g/mol. The summed E-state index contributed by atoms with van der Waals surface area (Å²) in [5.74, 6) is 0. The van der Waals surface area contributed by atoms with Gasteiger partial charge in [-0.15, -0.1) is 11.3 Å². The van der Waals surface area contributed by atoms with Crippen LogP contribution in [-0.4, -0.2) is 41.1 Å². The van der Waals surface area contributed by atoms with Crippen LogP contribution in [0.25, 0.3) is 10.2 Å². The number of nitrogens with one attached hydrogen (secondary N) is 1. The maximum absolute atomic E-state index is 12.8. The van der Waals surface area contributed by atoms with E-state index >= 15 is 0 Å². The topological polar surface area (TPSA) is 50.2 Å². The van der Waals surface area contributed by atoms with E-state index in [1.165, 1.54) is 10.4 Å². The Morgan fingerprint density at radius 1 is 1.50 bits per heavy atom. The summed E-state index contributed by atoms with van der Waals surface area (Å²) in [5.41, 5.74) is 1.41. The van der Waals surface area contributed by atoms with E-state index in [4.69, 9.17) is 0 Å². The molecule has 1 fully saturated rings. The van der Waals surface area contributed by atoms with E-state index in [1.54, 1.807) is 17.7 Å². The predicted octanol–water partition coefficient (Wildman–Crippen LogP) is 0.980. The van der Waals surface area contributed by atoms with Crippen molar-refractivity contribution in [2.75, 3.05) is 26.7 Å². The summed E-state index contributed by atoms with van der Waals surface area (Å²) in [4.78, 5) is 21.9. The van der Waals surface area contributed by atoms with Crippen molar-refractivity contribution in [2.45, 2.75) is 25.4 Å². The molecule has 2 aromatic rings. The van der Waals surface area contributed by atoms with Gasteiger partial charge in [-0.3, -0.25) is 9.36 Å². The van der Waals surface area contributed by atoms with Crippen molar-refractivity contribution in [3.05, 3.63) is 27.1 Å². The quantitative estimate of drug-likeness (QED) is 0.850. The molecule has 2 aliphatic heterocycles. The maximum atomic E-state index is 12.8. The van der Waals surface area contributed by atoms with Crippen LogP contribution in [0, 0.1) is 0 Å². The van der Waals surface area contributed by atoms with E-state index in [0.717, 1.165) is 49.2 Å². The largest absolute Gasteiger partial charge is 0.315 e. The molecular weight excluding hydrogens is 272 g/mol. The Labute approximate surface area is 121 Å². The van der Waals surface area contributed by atoms with Crippen molar-refractivity contribution in [1.82, 2.24) is 19.8 Å². The molecule has 20 heavy (non-hydrogen) atoms. The van der Waals surface area contributed by atoms with Crippen LogP contribution in [0.1, 0.15) is 22.9 Å². The number of aromatic nitrogens is 2.